The van der Waals surface area contributed by atoms with Crippen molar-refractivity contribution in [3.8, 4) is 0 Å². The van der Waals surface area contributed by atoms with E-state index >= 15 is 0 Å². The number of halogens is 1. The van der Waals surface area contributed by atoms with Gasteiger partial charge in [-0.05, 0) is 25.8 Å². The largest absolute Gasteiger partial charge is 0.342 e. The number of rotatable bonds is 1. The van der Waals surface area contributed by atoms with Gasteiger partial charge in [0.25, 0.3) is 0 Å². The molecule has 1 amide bonds. The minimum atomic E-state index is 0. The maximum atomic E-state index is 11.9. The zero-order chi connectivity index (χ0) is 10.9. The maximum Gasteiger partial charge on any atom is 0.225 e. The molecule has 1 atom stereocenters. The van der Waals surface area contributed by atoms with E-state index in [2.05, 4.69) is 10.2 Å². The lowest BCUT2D eigenvalue weighted by Gasteiger charge is -2.34. The summed E-state index contributed by atoms with van der Waals surface area (Å²) in [6.07, 6.45) is 3.75. The summed E-state index contributed by atoms with van der Waals surface area (Å²) < 4.78 is 0. The molecule has 0 aliphatic carbocycles. The second-order valence-electron chi connectivity index (χ2n) is 5.44. The van der Waals surface area contributed by atoms with Gasteiger partial charge < -0.3 is 10.2 Å². The summed E-state index contributed by atoms with van der Waals surface area (Å²) >= 11 is 0. The average Bonchev–Trinajstić information content (AvgIpc) is 2.62. The number of piperidine rings is 1. The molecular weight excluding hydrogens is 224 g/mol. The van der Waals surface area contributed by atoms with E-state index in [0.717, 1.165) is 26.2 Å². The SMILES string of the molecule is CC(C)C(=O)N1CCC2(CCCNC2)C1.Cl. The number of hydrogen-bond acceptors (Lipinski definition) is 2. The molecule has 2 aliphatic rings. The second-order valence-corrected chi connectivity index (χ2v) is 5.44. The number of carbonyl (C=O) groups excluding carboxylic acids is 1. The molecule has 1 spiro atoms. The third-order valence-electron chi connectivity index (χ3n) is 3.80. The lowest BCUT2D eigenvalue weighted by atomic mass is 9.80. The minimum absolute atomic E-state index is 0. The highest BCUT2D eigenvalue weighted by molar-refractivity contribution is 5.85. The van der Waals surface area contributed by atoms with E-state index in [4.69, 9.17) is 0 Å². The Morgan fingerprint density at radius 3 is 2.69 bits per heavy atom. The van der Waals surface area contributed by atoms with Crippen molar-refractivity contribution in [1.82, 2.24) is 10.2 Å². The van der Waals surface area contributed by atoms with Gasteiger partial charge in [-0.1, -0.05) is 13.8 Å². The summed E-state index contributed by atoms with van der Waals surface area (Å²) in [5, 5.41) is 3.47. The summed E-state index contributed by atoms with van der Waals surface area (Å²) in [4.78, 5) is 13.9. The van der Waals surface area contributed by atoms with Crippen LogP contribution >= 0.6 is 12.4 Å². The normalized spacial score (nSPS) is 29.6. The van der Waals surface area contributed by atoms with Gasteiger partial charge in [-0.2, -0.15) is 0 Å². The van der Waals surface area contributed by atoms with Crippen LogP contribution in [0.5, 0.6) is 0 Å². The molecule has 94 valence electrons. The van der Waals surface area contributed by atoms with Gasteiger partial charge in [-0.25, -0.2) is 0 Å². The molecule has 1 unspecified atom stereocenters. The molecule has 0 aromatic heterocycles. The Morgan fingerprint density at radius 2 is 2.12 bits per heavy atom. The van der Waals surface area contributed by atoms with Crippen molar-refractivity contribution in [2.75, 3.05) is 26.2 Å². The van der Waals surface area contributed by atoms with Gasteiger partial charge in [0, 0.05) is 31.0 Å². The van der Waals surface area contributed by atoms with Gasteiger partial charge in [0.15, 0.2) is 0 Å². The molecule has 0 bridgehead atoms. The Hall–Kier alpha value is -0.280. The first-order chi connectivity index (χ1) is 7.13. The number of amides is 1. The molecule has 2 saturated heterocycles. The summed E-state index contributed by atoms with van der Waals surface area (Å²) in [6.45, 7) is 8.20. The monoisotopic (exact) mass is 246 g/mol. The van der Waals surface area contributed by atoms with Crippen LogP contribution in [0.2, 0.25) is 0 Å². The lowest BCUT2D eigenvalue weighted by molar-refractivity contribution is -0.133. The standard InChI is InChI=1S/C12H22N2O.ClH/c1-10(2)11(15)14-7-5-12(9-14)4-3-6-13-8-12;/h10,13H,3-9H2,1-2H3;1H. The molecule has 2 fully saturated rings. The quantitative estimate of drug-likeness (QED) is 0.764. The Labute approximate surface area is 104 Å². The minimum Gasteiger partial charge on any atom is -0.342 e. The van der Waals surface area contributed by atoms with Crippen LogP contribution in [0.3, 0.4) is 0 Å². The van der Waals surface area contributed by atoms with Crippen LogP contribution in [0.25, 0.3) is 0 Å². The topological polar surface area (TPSA) is 32.3 Å². The third kappa shape index (κ3) is 2.69. The first-order valence-corrected chi connectivity index (χ1v) is 6.12. The lowest BCUT2D eigenvalue weighted by Crippen LogP contribution is -2.43. The summed E-state index contributed by atoms with van der Waals surface area (Å²) in [5.74, 6) is 0.481. The van der Waals surface area contributed by atoms with Crippen molar-refractivity contribution in [3.63, 3.8) is 0 Å². The maximum absolute atomic E-state index is 11.9. The molecule has 2 heterocycles. The van der Waals surface area contributed by atoms with Crippen molar-refractivity contribution >= 4 is 18.3 Å². The zero-order valence-electron chi connectivity index (χ0n) is 10.3. The van der Waals surface area contributed by atoms with E-state index in [1.807, 2.05) is 13.8 Å². The molecule has 0 aromatic rings. The van der Waals surface area contributed by atoms with Crippen molar-refractivity contribution in [2.24, 2.45) is 11.3 Å². The molecular formula is C12H23ClN2O. The molecule has 4 heteroatoms. The smallest absolute Gasteiger partial charge is 0.225 e. The van der Waals surface area contributed by atoms with Crippen molar-refractivity contribution < 1.29 is 4.79 Å². The molecule has 2 rings (SSSR count). The van der Waals surface area contributed by atoms with Gasteiger partial charge in [0.2, 0.25) is 5.91 Å². The number of nitrogens with one attached hydrogen (secondary N) is 1. The van der Waals surface area contributed by atoms with E-state index in [1.54, 1.807) is 0 Å². The van der Waals surface area contributed by atoms with Gasteiger partial charge in [-0.15, -0.1) is 12.4 Å². The second kappa shape index (κ2) is 5.37. The van der Waals surface area contributed by atoms with Crippen LogP contribution in [0.15, 0.2) is 0 Å². The zero-order valence-corrected chi connectivity index (χ0v) is 11.1. The molecule has 1 N–H and O–H groups in total. The van der Waals surface area contributed by atoms with E-state index in [0.29, 0.717) is 11.3 Å². The fourth-order valence-electron chi connectivity index (χ4n) is 2.87. The van der Waals surface area contributed by atoms with Gasteiger partial charge >= 0.3 is 0 Å². The number of carbonyl (C=O) groups is 1. The Kier molecular flexibility index (Phi) is 4.62. The predicted molar refractivity (Wildman–Crippen MR) is 67.8 cm³/mol. The highest BCUT2D eigenvalue weighted by Crippen LogP contribution is 2.36. The first-order valence-electron chi connectivity index (χ1n) is 6.12. The van der Waals surface area contributed by atoms with Crippen LogP contribution in [0, 0.1) is 11.3 Å². The van der Waals surface area contributed by atoms with Crippen LogP contribution < -0.4 is 5.32 Å². The Morgan fingerprint density at radius 1 is 1.38 bits per heavy atom. The third-order valence-corrected chi connectivity index (χ3v) is 3.80. The summed E-state index contributed by atoms with van der Waals surface area (Å²) in [7, 11) is 0. The van der Waals surface area contributed by atoms with Crippen LogP contribution in [-0.4, -0.2) is 37.0 Å². The number of likely N-dealkylation sites (tertiary alicyclic amines) is 1. The average molecular weight is 247 g/mol. The van der Waals surface area contributed by atoms with Gasteiger partial charge in [0.05, 0.1) is 0 Å². The number of hydrogen-bond donors (Lipinski definition) is 1. The highest BCUT2D eigenvalue weighted by atomic mass is 35.5. The molecule has 0 radical (unpaired) electrons. The molecule has 16 heavy (non-hydrogen) atoms. The van der Waals surface area contributed by atoms with E-state index < -0.39 is 0 Å². The van der Waals surface area contributed by atoms with Crippen LogP contribution in [0.1, 0.15) is 33.1 Å². The van der Waals surface area contributed by atoms with Crippen molar-refractivity contribution in [3.05, 3.63) is 0 Å². The molecule has 0 aromatic carbocycles. The molecule has 3 nitrogen and oxygen atoms in total. The molecule has 2 aliphatic heterocycles. The molecule has 0 saturated carbocycles. The summed E-state index contributed by atoms with van der Waals surface area (Å²) in [5.41, 5.74) is 0.406. The first kappa shape index (κ1) is 13.8. The predicted octanol–water partition coefficient (Wildman–Crippen LogP) is 1.67. The van der Waals surface area contributed by atoms with E-state index in [9.17, 15) is 4.79 Å². The van der Waals surface area contributed by atoms with Crippen molar-refractivity contribution in [2.45, 2.75) is 33.1 Å². The fraction of sp³-hybridized carbons (Fsp3) is 0.917. The van der Waals surface area contributed by atoms with Crippen LogP contribution in [0.4, 0.5) is 0 Å². The summed E-state index contributed by atoms with van der Waals surface area (Å²) in [6, 6.07) is 0. The Bertz CT molecular complexity index is 249. The van der Waals surface area contributed by atoms with E-state index in [1.165, 1.54) is 19.3 Å². The number of nitrogens with zero attached hydrogens (tertiary/aromatic N) is 1. The van der Waals surface area contributed by atoms with Crippen molar-refractivity contribution in [1.29, 1.82) is 0 Å². The van der Waals surface area contributed by atoms with Gasteiger partial charge in [-0.3, -0.25) is 4.79 Å². The van der Waals surface area contributed by atoms with E-state index in [-0.39, 0.29) is 18.3 Å². The fourth-order valence-corrected chi connectivity index (χ4v) is 2.87. The Balaban J connectivity index is 0.00000128. The van der Waals surface area contributed by atoms with Gasteiger partial charge in [0.1, 0.15) is 0 Å². The highest BCUT2D eigenvalue weighted by Gasteiger charge is 2.40. The van der Waals surface area contributed by atoms with Crippen LogP contribution in [-0.2, 0) is 4.79 Å².